The number of amides is 1. The number of hydrogen-bond donors (Lipinski definition) is 1. The van der Waals surface area contributed by atoms with Gasteiger partial charge in [0, 0.05) is 30.8 Å². The minimum Gasteiger partial charge on any atom is -0.325 e. The van der Waals surface area contributed by atoms with Crippen molar-refractivity contribution in [3.8, 4) is 0 Å². The fourth-order valence-corrected chi connectivity index (χ4v) is 3.41. The average molecular weight is 452 g/mol. The van der Waals surface area contributed by atoms with Gasteiger partial charge in [0.1, 0.15) is 5.65 Å². The highest BCUT2D eigenvalue weighted by Crippen LogP contribution is 2.35. The quantitative estimate of drug-likeness (QED) is 0.484. The predicted molar refractivity (Wildman–Crippen MR) is 113 cm³/mol. The first-order valence-electron chi connectivity index (χ1n) is 9.85. The number of unbranched alkanes of at least 4 members (excludes halogenated alkanes) is 2. The molecule has 1 aromatic carbocycles. The number of carbonyl (C=O) groups is 1. The van der Waals surface area contributed by atoms with Crippen molar-refractivity contribution in [2.24, 2.45) is 0 Å². The molecule has 1 N–H and O–H groups in total. The summed E-state index contributed by atoms with van der Waals surface area (Å²) in [5, 5.41) is 2.35. The molecule has 9 heteroatoms. The SMILES string of the molecule is CCCCCC(=O)Nc1ccc2ncc(Cc3ccc(Cl)c(C(F)(F)F)c3)c(=O)n2c1. The molecule has 3 rings (SSSR count). The highest BCUT2D eigenvalue weighted by molar-refractivity contribution is 6.31. The number of alkyl halides is 3. The van der Waals surface area contributed by atoms with E-state index < -0.39 is 22.3 Å². The molecule has 0 bridgehead atoms. The van der Waals surface area contributed by atoms with Gasteiger partial charge in [-0.05, 0) is 36.2 Å². The minimum absolute atomic E-state index is 0.0391. The molecule has 5 nitrogen and oxygen atoms in total. The lowest BCUT2D eigenvalue weighted by molar-refractivity contribution is -0.137. The fourth-order valence-electron chi connectivity index (χ4n) is 3.19. The second kappa shape index (κ2) is 9.51. The van der Waals surface area contributed by atoms with Crippen molar-refractivity contribution in [2.45, 2.75) is 45.2 Å². The third-order valence-electron chi connectivity index (χ3n) is 4.80. The maximum atomic E-state index is 13.1. The van der Waals surface area contributed by atoms with E-state index in [1.807, 2.05) is 6.92 Å². The standard InChI is InChI=1S/C22H21ClF3N3O2/c1-2-3-4-5-20(30)28-16-7-9-19-27-12-15(21(31)29(19)13-16)10-14-6-8-18(23)17(11-14)22(24,25)26/h6-9,11-13H,2-5,10H2,1H3,(H,28,30). The Bertz CT molecular complexity index is 1160. The molecule has 31 heavy (non-hydrogen) atoms. The molecular formula is C22H21ClF3N3O2. The van der Waals surface area contributed by atoms with E-state index in [-0.39, 0.29) is 23.5 Å². The molecule has 164 valence electrons. The molecule has 2 aromatic heterocycles. The monoisotopic (exact) mass is 451 g/mol. The van der Waals surface area contributed by atoms with E-state index in [4.69, 9.17) is 11.6 Å². The number of carbonyl (C=O) groups excluding carboxylic acids is 1. The van der Waals surface area contributed by atoms with Crippen LogP contribution in [0.15, 0.2) is 47.5 Å². The van der Waals surface area contributed by atoms with Crippen LogP contribution in [0, 0.1) is 0 Å². The third-order valence-corrected chi connectivity index (χ3v) is 5.12. The molecule has 0 saturated carbocycles. The number of nitrogens with one attached hydrogen (secondary N) is 1. The zero-order chi connectivity index (χ0) is 22.6. The Kier molecular flexibility index (Phi) is 7.00. The number of aromatic nitrogens is 2. The Hall–Kier alpha value is -2.87. The number of benzene rings is 1. The second-order valence-corrected chi connectivity index (χ2v) is 7.64. The lowest BCUT2D eigenvalue weighted by Gasteiger charge is -2.11. The van der Waals surface area contributed by atoms with Gasteiger partial charge < -0.3 is 5.32 Å². The first-order chi connectivity index (χ1) is 14.7. The van der Waals surface area contributed by atoms with E-state index in [1.165, 1.54) is 22.9 Å². The van der Waals surface area contributed by atoms with Gasteiger partial charge in [-0.3, -0.25) is 14.0 Å². The van der Waals surface area contributed by atoms with Crippen LogP contribution in [0.4, 0.5) is 18.9 Å². The van der Waals surface area contributed by atoms with Crippen LogP contribution in [0.3, 0.4) is 0 Å². The second-order valence-electron chi connectivity index (χ2n) is 7.23. The number of rotatable bonds is 7. The van der Waals surface area contributed by atoms with E-state index in [9.17, 15) is 22.8 Å². The molecule has 3 aromatic rings. The fraction of sp³-hybridized carbons (Fsp3) is 0.318. The van der Waals surface area contributed by atoms with Crippen molar-refractivity contribution in [3.05, 3.63) is 74.8 Å². The Morgan fingerprint density at radius 3 is 2.68 bits per heavy atom. The molecule has 2 heterocycles. The summed E-state index contributed by atoms with van der Waals surface area (Å²) in [6, 6.07) is 6.78. The summed E-state index contributed by atoms with van der Waals surface area (Å²) < 4.78 is 40.6. The highest BCUT2D eigenvalue weighted by Gasteiger charge is 2.33. The summed E-state index contributed by atoms with van der Waals surface area (Å²) in [4.78, 5) is 29.1. The van der Waals surface area contributed by atoms with Gasteiger partial charge in [-0.2, -0.15) is 13.2 Å². The van der Waals surface area contributed by atoms with Crippen molar-refractivity contribution < 1.29 is 18.0 Å². The smallest absolute Gasteiger partial charge is 0.325 e. The molecule has 0 aliphatic heterocycles. The van der Waals surface area contributed by atoms with Gasteiger partial charge in [-0.1, -0.05) is 37.4 Å². The van der Waals surface area contributed by atoms with Crippen molar-refractivity contribution in [2.75, 3.05) is 5.32 Å². The number of nitrogens with zero attached hydrogens (tertiary/aromatic N) is 2. The zero-order valence-electron chi connectivity index (χ0n) is 16.8. The van der Waals surface area contributed by atoms with Gasteiger partial charge >= 0.3 is 6.18 Å². The van der Waals surface area contributed by atoms with Crippen molar-refractivity contribution in [1.82, 2.24) is 9.38 Å². The molecular weight excluding hydrogens is 431 g/mol. The van der Waals surface area contributed by atoms with E-state index in [2.05, 4.69) is 10.3 Å². The van der Waals surface area contributed by atoms with Crippen LogP contribution in [0.2, 0.25) is 5.02 Å². The average Bonchev–Trinajstić information content (AvgIpc) is 2.71. The maximum Gasteiger partial charge on any atom is 0.417 e. The largest absolute Gasteiger partial charge is 0.417 e. The molecule has 0 aliphatic carbocycles. The summed E-state index contributed by atoms with van der Waals surface area (Å²) in [6.07, 6.45) is 1.32. The van der Waals surface area contributed by atoms with Gasteiger partial charge in [-0.25, -0.2) is 4.98 Å². The predicted octanol–water partition coefficient (Wildman–Crippen LogP) is 5.48. The zero-order valence-corrected chi connectivity index (χ0v) is 17.6. The third kappa shape index (κ3) is 5.64. The summed E-state index contributed by atoms with van der Waals surface area (Å²) in [5.41, 5.74) is -0.0507. The van der Waals surface area contributed by atoms with Crippen molar-refractivity contribution in [1.29, 1.82) is 0 Å². The van der Waals surface area contributed by atoms with E-state index in [0.29, 0.717) is 17.8 Å². The molecule has 0 aliphatic rings. The van der Waals surface area contributed by atoms with Crippen LogP contribution in [0.1, 0.15) is 49.3 Å². The van der Waals surface area contributed by atoms with Crippen LogP contribution in [0.5, 0.6) is 0 Å². The number of pyridine rings is 1. The number of anilines is 1. The van der Waals surface area contributed by atoms with Gasteiger partial charge in [-0.15, -0.1) is 0 Å². The first-order valence-corrected chi connectivity index (χ1v) is 10.2. The Labute approximate surface area is 181 Å². The molecule has 0 fully saturated rings. The van der Waals surface area contributed by atoms with Gasteiger partial charge in [0.2, 0.25) is 5.91 Å². The lowest BCUT2D eigenvalue weighted by atomic mass is 10.0. The molecule has 1 amide bonds. The first kappa shape index (κ1) is 22.8. The molecule has 0 saturated heterocycles. The normalized spacial score (nSPS) is 11.6. The molecule has 0 unspecified atom stereocenters. The van der Waals surface area contributed by atoms with Gasteiger partial charge in [0.05, 0.1) is 16.3 Å². The van der Waals surface area contributed by atoms with E-state index in [1.54, 1.807) is 12.1 Å². The van der Waals surface area contributed by atoms with Crippen LogP contribution in [0.25, 0.3) is 5.65 Å². The Morgan fingerprint density at radius 2 is 1.97 bits per heavy atom. The summed E-state index contributed by atoms with van der Waals surface area (Å²) in [6.45, 7) is 2.05. The molecule has 0 spiro atoms. The van der Waals surface area contributed by atoms with Crippen LogP contribution >= 0.6 is 11.6 Å². The van der Waals surface area contributed by atoms with E-state index in [0.717, 1.165) is 31.4 Å². The molecule has 0 atom stereocenters. The summed E-state index contributed by atoms with van der Waals surface area (Å²) in [7, 11) is 0. The summed E-state index contributed by atoms with van der Waals surface area (Å²) >= 11 is 5.66. The highest BCUT2D eigenvalue weighted by atomic mass is 35.5. The topological polar surface area (TPSA) is 63.5 Å². The number of halogens is 4. The Balaban J connectivity index is 1.87. The minimum atomic E-state index is -4.59. The van der Waals surface area contributed by atoms with Gasteiger partial charge in [0.25, 0.3) is 5.56 Å². The van der Waals surface area contributed by atoms with E-state index >= 15 is 0 Å². The molecule has 0 radical (unpaired) electrons. The summed E-state index contributed by atoms with van der Waals surface area (Å²) in [5.74, 6) is -0.147. The van der Waals surface area contributed by atoms with Crippen LogP contribution < -0.4 is 10.9 Å². The van der Waals surface area contributed by atoms with Crippen molar-refractivity contribution in [3.63, 3.8) is 0 Å². The number of fused-ring (bicyclic) bond motifs is 1. The number of hydrogen-bond acceptors (Lipinski definition) is 3. The van der Waals surface area contributed by atoms with Crippen LogP contribution in [-0.4, -0.2) is 15.3 Å². The maximum absolute atomic E-state index is 13.1. The Morgan fingerprint density at radius 1 is 1.19 bits per heavy atom. The van der Waals surface area contributed by atoms with Crippen molar-refractivity contribution >= 4 is 28.8 Å². The lowest BCUT2D eigenvalue weighted by Crippen LogP contribution is -2.21. The van der Waals surface area contributed by atoms with Crippen LogP contribution in [-0.2, 0) is 17.4 Å². The van der Waals surface area contributed by atoms with Gasteiger partial charge in [0.15, 0.2) is 0 Å².